The Labute approximate surface area is 109 Å². The van der Waals surface area contributed by atoms with Crippen molar-refractivity contribution in [3.8, 4) is 11.5 Å². The predicted molar refractivity (Wildman–Crippen MR) is 65.8 cm³/mol. The van der Waals surface area contributed by atoms with Gasteiger partial charge in [0.2, 0.25) is 11.8 Å². The molecule has 1 N–H and O–H groups in total. The fourth-order valence-electron chi connectivity index (χ4n) is 1.81. The quantitative estimate of drug-likeness (QED) is 0.505. The molecule has 1 aliphatic rings. The Morgan fingerprint density at radius 2 is 1.95 bits per heavy atom. The first-order valence-corrected chi connectivity index (χ1v) is 5.92. The molecule has 0 aliphatic carbocycles. The van der Waals surface area contributed by atoms with Crippen LogP contribution in [0.15, 0.2) is 18.2 Å². The minimum absolute atomic E-state index is 0.0910. The van der Waals surface area contributed by atoms with Crippen molar-refractivity contribution in [2.75, 3.05) is 4.90 Å². The summed E-state index contributed by atoms with van der Waals surface area (Å²) >= 11 is 0. The van der Waals surface area contributed by atoms with Crippen LogP contribution in [-0.4, -0.2) is 22.9 Å². The zero-order chi connectivity index (χ0) is 14.0. The van der Waals surface area contributed by atoms with Gasteiger partial charge in [-0.2, -0.15) is 0 Å². The van der Waals surface area contributed by atoms with Crippen molar-refractivity contribution in [3.05, 3.63) is 18.2 Å². The van der Waals surface area contributed by atoms with E-state index in [1.807, 2.05) is 0 Å². The molecule has 100 valence electrons. The van der Waals surface area contributed by atoms with E-state index >= 15 is 0 Å². The fourth-order valence-corrected chi connectivity index (χ4v) is 1.81. The van der Waals surface area contributed by atoms with Gasteiger partial charge in [0.15, 0.2) is 5.75 Å². The number of esters is 1. The Balaban J connectivity index is 2.42. The second kappa shape index (κ2) is 5.09. The summed E-state index contributed by atoms with van der Waals surface area (Å²) < 4.78 is 5.06. The average molecular weight is 263 g/mol. The summed E-state index contributed by atoms with van der Waals surface area (Å²) in [6.07, 6.45) is 0.410. The molecule has 0 radical (unpaired) electrons. The van der Waals surface area contributed by atoms with Gasteiger partial charge in [-0.25, -0.2) is 4.90 Å². The lowest BCUT2D eigenvalue weighted by atomic mass is 10.2. The number of phenols is 1. The van der Waals surface area contributed by atoms with Crippen molar-refractivity contribution in [1.29, 1.82) is 0 Å². The minimum Gasteiger partial charge on any atom is -0.508 e. The molecule has 1 saturated heterocycles. The zero-order valence-corrected chi connectivity index (χ0v) is 10.4. The van der Waals surface area contributed by atoms with E-state index in [9.17, 15) is 19.5 Å². The largest absolute Gasteiger partial charge is 0.508 e. The zero-order valence-electron chi connectivity index (χ0n) is 10.4. The maximum absolute atomic E-state index is 11.7. The second-order valence-corrected chi connectivity index (χ2v) is 4.10. The molecule has 1 aliphatic heterocycles. The lowest BCUT2D eigenvalue weighted by molar-refractivity contribution is -0.134. The summed E-state index contributed by atoms with van der Waals surface area (Å²) in [7, 11) is 0. The Kier molecular flexibility index (Phi) is 3.50. The van der Waals surface area contributed by atoms with Crippen molar-refractivity contribution in [2.45, 2.75) is 26.2 Å². The van der Waals surface area contributed by atoms with Crippen molar-refractivity contribution < 1.29 is 24.2 Å². The van der Waals surface area contributed by atoms with Crippen LogP contribution in [0.5, 0.6) is 11.5 Å². The van der Waals surface area contributed by atoms with Crippen LogP contribution in [0.1, 0.15) is 26.2 Å². The topological polar surface area (TPSA) is 83.9 Å². The summed E-state index contributed by atoms with van der Waals surface area (Å²) in [6.45, 7) is 1.63. The number of hydrogen-bond acceptors (Lipinski definition) is 5. The third kappa shape index (κ3) is 2.57. The molecule has 6 nitrogen and oxygen atoms in total. The van der Waals surface area contributed by atoms with Gasteiger partial charge in [0.1, 0.15) is 5.75 Å². The number of aromatic hydroxyl groups is 1. The number of imide groups is 1. The molecule has 0 saturated carbocycles. The van der Waals surface area contributed by atoms with Gasteiger partial charge in [0.05, 0.1) is 5.69 Å². The molecular formula is C13H13NO5. The molecular weight excluding hydrogens is 250 g/mol. The molecule has 1 fully saturated rings. The Morgan fingerprint density at radius 3 is 2.53 bits per heavy atom. The van der Waals surface area contributed by atoms with E-state index < -0.39 is 5.97 Å². The number of rotatable bonds is 3. The minimum atomic E-state index is -0.481. The van der Waals surface area contributed by atoms with Gasteiger partial charge in [-0.1, -0.05) is 6.92 Å². The Hall–Kier alpha value is -2.37. The third-order valence-corrected chi connectivity index (χ3v) is 2.75. The van der Waals surface area contributed by atoms with Crippen LogP contribution in [0.4, 0.5) is 5.69 Å². The van der Waals surface area contributed by atoms with Gasteiger partial charge in [-0.05, 0) is 12.1 Å². The predicted octanol–water partition coefficient (Wildman–Crippen LogP) is 1.36. The van der Waals surface area contributed by atoms with E-state index in [4.69, 9.17) is 4.74 Å². The molecule has 0 aromatic heterocycles. The number of hydrogen-bond donors (Lipinski definition) is 1. The maximum atomic E-state index is 11.7. The van der Waals surface area contributed by atoms with Crippen molar-refractivity contribution in [1.82, 2.24) is 0 Å². The van der Waals surface area contributed by atoms with Gasteiger partial charge < -0.3 is 9.84 Å². The summed E-state index contributed by atoms with van der Waals surface area (Å²) in [5.41, 5.74) is 0.106. The van der Waals surface area contributed by atoms with Crippen molar-refractivity contribution in [3.63, 3.8) is 0 Å². The molecule has 1 aromatic rings. The molecule has 0 atom stereocenters. The lowest BCUT2D eigenvalue weighted by Gasteiger charge is -2.17. The highest BCUT2D eigenvalue weighted by Gasteiger charge is 2.32. The van der Waals surface area contributed by atoms with E-state index in [2.05, 4.69) is 0 Å². The number of benzene rings is 1. The number of nitrogens with zero attached hydrogens (tertiary/aromatic N) is 1. The number of ether oxygens (including phenoxy) is 1. The molecule has 6 heteroatoms. The van der Waals surface area contributed by atoms with E-state index in [1.54, 1.807) is 6.92 Å². The van der Waals surface area contributed by atoms with Gasteiger partial charge >= 0.3 is 5.97 Å². The van der Waals surface area contributed by atoms with E-state index in [1.165, 1.54) is 18.2 Å². The number of amides is 2. The van der Waals surface area contributed by atoms with E-state index in [0.29, 0.717) is 0 Å². The monoisotopic (exact) mass is 263 g/mol. The number of phenolic OH excluding ortho intramolecular Hbond substituents is 1. The molecule has 0 spiro atoms. The average Bonchev–Trinajstić information content (AvgIpc) is 2.71. The normalized spacial score (nSPS) is 14.9. The number of carbonyl (C=O) groups excluding carboxylic acids is 3. The highest BCUT2D eigenvalue weighted by atomic mass is 16.5. The second-order valence-electron chi connectivity index (χ2n) is 4.10. The van der Waals surface area contributed by atoms with Gasteiger partial charge in [0.25, 0.3) is 0 Å². The molecule has 0 unspecified atom stereocenters. The van der Waals surface area contributed by atoms with Crippen molar-refractivity contribution in [2.24, 2.45) is 0 Å². The van der Waals surface area contributed by atoms with Crippen LogP contribution in [0.3, 0.4) is 0 Å². The smallest absolute Gasteiger partial charge is 0.310 e. The van der Waals surface area contributed by atoms with Gasteiger partial charge in [-0.3, -0.25) is 14.4 Å². The maximum Gasteiger partial charge on any atom is 0.310 e. The van der Waals surface area contributed by atoms with Gasteiger partial charge in [0, 0.05) is 25.3 Å². The number of anilines is 1. The van der Waals surface area contributed by atoms with Crippen LogP contribution in [-0.2, 0) is 14.4 Å². The fraction of sp³-hybridized carbons (Fsp3) is 0.308. The van der Waals surface area contributed by atoms with Crippen LogP contribution in [0.25, 0.3) is 0 Å². The highest BCUT2D eigenvalue weighted by Crippen LogP contribution is 2.35. The summed E-state index contributed by atoms with van der Waals surface area (Å²) in [4.78, 5) is 35.6. The molecule has 2 rings (SSSR count). The first kappa shape index (κ1) is 13.1. The molecule has 2 amide bonds. The van der Waals surface area contributed by atoms with Crippen LogP contribution in [0.2, 0.25) is 0 Å². The lowest BCUT2D eigenvalue weighted by Crippen LogP contribution is -2.29. The van der Waals surface area contributed by atoms with E-state index in [0.717, 1.165) is 4.90 Å². The SMILES string of the molecule is CCC(=O)Oc1ccc(O)cc1N1C(=O)CCC1=O. The first-order valence-electron chi connectivity index (χ1n) is 5.92. The van der Waals surface area contributed by atoms with Crippen LogP contribution >= 0.6 is 0 Å². The Morgan fingerprint density at radius 1 is 1.32 bits per heavy atom. The summed E-state index contributed by atoms with van der Waals surface area (Å²) in [5.74, 6) is -1.24. The van der Waals surface area contributed by atoms with Crippen LogP contribution in [0, 0.1) is 0 Å². The van der Waals surface area contributed by atoms with Crippen LogP contribution < -0.4 is 9.64 Å². The molecule has 1 heterocycles. The summed E-state index contributed by atoms with van der Waals surface area (Å²) in [5, 5.41) is 9.47. The first-order chi connectivity index (χ1) is 9.02. The molecule has 19 heavy (non-hydrogen) atoms. The molecule has 0 bridgehead atoms. The third-order valence-electron chi connectivity index (χ3n) is 2.75. The highest BCUT2D eigenvalue weighted by molar-refractivity contribution is 6.20. The number of carbonyl (C=O) groups is 3. The van der Waals surface area contributed by atoms with E-state index in [-0.39, 0.29) is 48.3 Å². The van der Waals surface area contributed by atoms with Gasteiger partial charge in [-0.15, -0.1) is 0 Å². The standard InChI is InChI=1S/C13H13NO5/c1-2-13(18)19-10-4-3-8(15)7-9(10)14-11(16)5-6-12(14)17/h3-4,7,15H,2,5-6H2,1H3. The molecule has 1 aromatic carbocycles. The van der Waals surface area contributed by atoms with Crippen molar-refractivity contribution >= 4 is 23.5 Å². The Bertz CT molecular complexity index is 536. The summed E-state index contributed by atoms with van der Waals surface area (Å²) in [6, 6.07) is 3.92.